The molecule has 1 aliphatic rings. The summed E-state index contributed by atoms with van der Waals surface area (Å²) in [6.07, 6.45) is 2.31. The standard InChI is InChI=1S/C21H27FN6O8/c1-11-7-13(17(23)30)14(22)8-15(11)25-19-24-9-16(27(2)20(31,32)21(33,34)35)18(26-19)28(10-29)12-3-5-36-6-4-12/h7-10,12,31-35H,3-6H2,1-2H3,(H2,23,30)(H,24,25,26). The Morgan fingerprint density at radius 2 is 1.89 bits per heavy atom. The average Bonchev–Trinajstić information content (AvgIpc) is 2.81. The van der Waals surface area contributed by atoms with E-state index in [4.69, 9.17) is 10.5 Å². The molecule has 0 saturated carbocycles. The quantitative estimate of drug-likeness (QED) is 0.153. The van der Waals surface area contributed by atoms with Crippen molar-refractivity contribution in [3.05, 3.63) is 35.3 Å². The molecule has 0 aliphatic carbocycles. The Hall–Kier alpha value is -3.47. The Balaban J connectivity index is 2.09. The number of halogens is 1. The fraction of sp³-hybridized carbons (Fsp3) is 0.429. The van der Waals surface area contributed by atoms with E-state index in [1.807, 2.05) is 0 Å². The number of aryl methyl sites for hydroxylation is 1. The number of rotatable bonds is 9. The second-order valence-electron chi connectivity index (χ2n) is 8.22. The molecule has 3 rings (SSSR count). The van der Waals surface area contributed by atoms with Gasteiger partial charge in [-0.25, -0.2) is 9.37 Å². The van der Waals surface area contributed by atoms with Gasteiger partial charge in [-0.15, -0.1) is 0 Å². The highest BCUT2D eigenvalue weighted by Crippen LogP contribution is 2.35. The lowest BCUT2D eigenvalue weighted by molar-refractivity contribution is -0.444. The van der Waals surface area contributed by atoms with Gasteiger partial charge in [0.15, 0.2) is 5.82 Å². The number of hydrogen-bond acceptors (Lipinski definition) is 12. The highest BCUT2D eigenvalue weighted by molar-refractivity contribution is 5.94. The Labute approximate surface area is 204 Å². The average molecular weight is 510 g/mol. The SMILES string of the molecule is Cc1cc(C(N)=O)c(F)cc1Nc1ncc(N(C)C(O)(O)C(O)(O)O)c(N(C=O)C2CCOCC2)n1. The number of benzene rings is 1. The zero-order valence-electron chi connectivity index (χ0n) is 19.4. The summed E-state index contributed by atoms with van der Waals surface area (Å²) in [4.78, 5) is 33.4. The monoisotopic (exact) mass is 510 g/mol. The number of carbonyl (C=O) groups excluding carboxylic acids is 2. The van der Waals surface area contributed by atoms with E-state index in [0.29, 0.717) is 42.9 Å². The van der Waals surface area contributed by atoms with Gasteiger partial charge >= 0.3 is 11.9 Å². The molecule has 1 aromatic heterocycles. The van der Waals surface area contributed by atoms with Crippen molar-refractivity contribution in [2.45, 2.75) is 37.7 Å². The molecule has 2 amide bonds. The van der Waals surface area contributed by atoms with Crippen LogP contribution in [0.15, 0.2) is 18.3 Å². The van der Waals surface area contributed by atoms with Gasteiger partial charge in [0.05, 0.1) is 11.8 Å². The van der Waals surface area contributed by atoms with E-state index in [0.717, 1.165) is 19.3 Å². The molecular weight excluding hydrogens is 483 g/mol. The predicted octanol–water partition coefficient (Wildman–Crippen LogP) is -1.39. The molecule has 0 bridgehead atoms. The first-order chi connectivity index (χ1) is 16.8. The number of hydrogen-bond donors (Lipinski definition) is 7. The Bertz CT molecular complexity index is 1140. The summed E-state index contributed by atoms with van der Waals surface area (Å²) in [5.74, 6) is -9.82. The van der Waals surface area contributed by atoms with Gasteiger partial charge in [0.1, 0.15) is 11.5 Å². The number of anilines is 4. The minimum atomic E-state index is -3.99. The molecule has 1 saturated heterocycles. The first kappa shape index (κ1) is 27.1. The van der Waals surface area contributed by atoms with Gasteiger partial charge in [-0.2, -0.15) is 4.98 Å². The van der Waals surface area contributed by atoms with Crippen LogP contribution < -0.4 is 20.9 Å². The smallest absolute Gasteiger partial charge is 0.355 e. The van der Waals surface area contributed by atoms with Crippen LogP contribution in [0.4, 0.5) is 27.5 Å². The van der Waals surface area contributed by atoms with Gasteiger partial charge in [0.2, 0.25) is 12.4 Å². The summed E-state index contributed by atoms with van der Waals surface area (Å²) in [6, 6.07) is 1.82. The van der Waals surface area contributed by atoms with Crippen LogP contribution in [0, 0.1) is 12.7 Å². The fourth-order valence-electron chi connectivity index (χ4n) is 3.64. The normalized spacial score (nSPS) is 14.9. The molecule has 0 atom stereocenters. The van der Waals surface area contributed by atoms with Gasteiger partial charge in [-0.1, -0.05) is 0 Å². The largest absolute Gasteiger partial charge is 0.381 e. The molecular formula is C21H27FN6O8. The lowest BCUT2D eigenvalue weighted by Gasteiger charge is -2.40. The maximum Gasteiger partial charge on any atom is 0.355 e. The topological polar surface area (TPSA) is 215 Å². The third-order valence-electron chi connectivity index (χ3n) is 5.80. The van der Waals surface area contributed by atoms with E-state index < -0.39 is 29.7 Å². The van der Waals surface area contributed by atoms with E-state index >= 15 is 0 Å². The molecule has 0 spiro atoms. The second kappa shape index (κ2) is 10.3. The van der Waals surface area contributed by atoms with Gasteiger partial charge in [-0.05, 0) is 37.5 Å². The molecule has 0 unspecified atom stereocenters. The van der Waals surface area contributed by atoms with Crippen molar-refractivity contribution < 1.29 is 44.2 Å². The van der Waals surface area contributed by atoms with Gasteiger partial charge < -0.3 is 46.2 Å². The molecule has 196 valence electrons. The number of ether oxygens (including phenoxy) is 1. The van der Waals surface area contributed by atoms with E-state index in [2.05, 4.69) is 15.3 Å². The minimum absolute atomic E-state index is 0.153. The summed E-state index contributed by atoms with van der Waals surface area (Å²) in [5.41, 5.74) is 5.16. The van der Waals surface area contributed by atoms with Gasteiger partial charge in [0, 0.05) is 32.0 Å². The summed E-state index contributed by atoms with van der Waals surface area (Å²) in [5, 5.41) is 51.4. The van der Waals surface area contributed by atoms with Crippen LogP contribution in [-0.4, -0.2) is 86.0 Å². The zero-order chi connectivity index (χ0) is 26.8. The summed E-state index contributed by atoms with van der Waals surface area (Å²) < 4.78 is 19.6. The molecule has 0 radical (unpaired) electrons. The molecule has 1 fully saturated rings. The third-order valence-corrected chi connectivity index (χ3v) is 5.80. The first-order valence-electron chi connectivity index (χ1n) is 10.7. The number of nitrogens with two attached hydrogens (primary N) is 1. The Kier molecular flexibility index (Phi) is 7.73. The van der Waals surface area contributed by atoms with Crippen molar-refractivity contribution in [3.63, 3.8) is 0 Å². The summed E-state index contributed by atoms with van der Waals surface area (Å²) in [6.45, 7) is 2.27. The molecule has 2 aromatic rings. The Morgan fingerprint density at radius 1 is 1.25 bits per heavy atom. The highest BCUT2D eigenvalue weighted by Gasteiger charge is 2.51. The summed E-state index contributed by atoms with van der Waals surface area (Å²) >= 11 is 0. The van der Waals surface area contributed by atoms with E-state index in [9.17, 15) is 39.5 Å². The number of amides is 2. The predicted molar refractivity (Wildman–Crippen MR) is 122 cm³/mol. The number of carbonyl (C=O) groups is 2. The molecule has 1 aromatic carbocycles. The van der Waals surface area contributed by atoms with Crippen molar-refractivity contribution in [2.24, 2.45) is 5.73 Å². The fourth-order valence-corrected chi connectivity index (χ4v) is 3.64. The van der Waals surface area contributed by atoms with Crippen LogP contribution in [0.25, 0.3) is 0 Å². The van der Waals surface area contributed by atoms with Crippen molar-refractivity contribution in [2.75, 3.05) is 35.4 Å². The van der Waals surface area contributed by atoms with Crippen molar-refractivity contribution in [3.8, 4) is 0 Å². The van der Waals surface area contributed by atoms with Crippen LogP contribution in [0.5, 0.6) is 0 Å². The number of likely N-dealkylation sites (N-methyl/N-ethyl adjacent to an activating group) is 1. The van der Waals surface area contributed by atoms with Crippen molar-refractivity contribution in [1.29, 1.82) is 0 Å². The maximum absolute atomic E-state index is 14.3. The molecule has 14 nitrogen and oxygen atoms in total. The van der Waals surface area contributed by atoms with Crippen LogP contribution in [0.3, 0.4) is 0 Å². The van der Waals surface area contributed by atoms with Gasteiger partial charge in [-0.3, -0.25) is 14.5 Å². The number of aromatic nitrogens is 2. The molecule has 8 N–H and O–H groups in total. The number of primary amides is 1. The van der Waals surface area contributed by atoms with E-state index in [-0.39, 0.29) is 28.7 Å². The third kappa shape index (κ3) is 5.35. The highest BCUT2D eigenvalue weighted by atomic mass is 19.1. The van der Waals surface area contributed by atoms with Crippen LogP contribution in [0.1, 0.15) is 28.8 Å². The maximum atomic E-state index is 14.3. The number of nitrogens with one attached hydrogen (secondary N) is 1. The van der Waals surface area contributed by atoms with Crippen LogP contribution in [-0.2, 0) is 9.53 Å². The first-order valence-corrected chi connectivity index (χ1v) is 10.7. The Morgan fingerprint density at radius 3 is 2.44 bits per heavy atom. The second-order valence-corrected chi connectivity index (χ2v) is 8.22. The molecule has 36 heavy (non-hydrogen) atoms. The molecule has 1 aliphatic heterocycles. The number of nitrogens with zero attached hydrogens (tertiary/aromatic N) is 4. The zero-order valence-corrected chi connectivity index (χ0v) is 19.4. The van der Waals surface area contributed by atoms with Crippen LogP contribution >= 0.6 is 0 Å². The lowest BCUT2D eigenvalue weighted by Crippen LogP contribution is -2.64. The van der Waals surface area contributed by atoms with Crippen molar-refractivity contribution in [1.82, 2.24) is 9.97 Å². The minimum Gasteiger partial charge on any atom is -0.381 e. The summed E-state index contributed by atoms with van der Waals surface area (Å²) in [7, 11) is 0.988. The van der Waals surface area contributed by atoms with Gasteiger partial charge in [0.25, 0.3) is 5.91 Å². The molecule has 15 heteroatoms. The molecule has 2 heterocycles. The van der Waals surface area contributed by atoms with E-state index in [1.165, 1.54) is 11.0 Å². The van der Waals surface area contributed by atoms with E-state index in [1.54, 1.807) is 6.92 Å². The van der Waals surface area contributed by atoms with Crippen LogP contribution in [0.2, 0.25) is 0 Å². The lowest BCUT2D eigenvalue weighted by atomic mass is 10.1. The van der Waals surface area contributed by atoms with Crippen molar-refractivity contribution >= 4 is 35.5 Å². The number of aliphatic hydroxyl groups is 5.